The lowest BCUT2D eigenvalue weighted by atomic mass is 9.97. The average Bonchev–Trinajstić information content (AvgIpc) is 2.33. The first kappa shape index (κ1) is 10.5. The molecule has 0 aromatic carbocycles. The number of aliphatic hydroxyl groups is 1. The normalized spacial score (nSPS) is 31.1. The van der Waals surface area contributed by atoms with E-state index < -0.39 is 6.29 Å². The number of carbonyl (C=O) groups excluding carboxylic acids is 1. The summed E-state index contributed by atoms with van der Waals surface area (Å²) < 4.78 is 5.07. The Morgan fingerprint density at radius 3 is 2.77 bits per heavy atom. The van der Waals surface area contributed by atoms with E-state index in [1.165, 1.54) is 0 Å². The number of hydrogen-bond donors (Lipinski definition) is 1. The van der Waals surface area contributed by atoms with Crippen LogP contribution in [-0.4, -0.2) is 42.4 Å². The molecule has 3 unspecified atom stereocenters. The number of hydrogen-bond acceptors (Lipinski definition) is 3. The largest absolute Gasteiger partial charge is 0.368 e. The Labute approximate surface area is 78.5 Å². The van der Waals surface area contributed by atoms with Crippen LogP contribution in [0.25, 0.3) is 0 Å². The molecule has 0 aromatic heterocycles. The first-order valence-electron chi connectivity index (χ1n) is 4.62. The highest BCUT2D eigenvalue weighted by molar-refractivity contribution is 5.80. The quantitative estimate of drug-likeness (QED) is 0.636. The van der Waals surface area contributed by atoms with Crippen molar-refractivity contribution in [1.82, 2.24) is 4.90 Å². The molecule has 4 heteroatoms. The number of ether oxygens (including phenoxy) is 1. The molecule has 0 spiro atoms. The highest BCUT2D eigenvalue weighted by atomic mass is 16.6. The van der Waals surface area contributed by atoms with E-state index in [1.54, 1.807) is 11.9 Å². The fourth-order valence-corrected chi connectivity index (χ4v) is 1.73. The molecule has 13 heavy (non-hydrogen) atoms. The Morgan fingerprint density at radius 1 is 1.77 bits per heavy atom. The van der Waals surface area contributed by atoms with E-state index in [4.69, 9.17) is 4.74 Å². The maximum absolute atomic E-state index is 11.4. The summed E-state index contributed by atoms with van der Waals surface area (Å²) in [5.41, 5.74) is 0. The Kier molecular flexibility index (Phi) is 3.27. The van der Waals surface area contributed by atoms with Crippen LogP contribution in [0.1, 0.15) is 13.8 Å². The highest BCUT2D eigenvalue weighted by Gasteiger charge is 2.39. The summed E-state index contributed by atoms with van der Waals surface area (Å²) in [6.07, 6.45) is -0.811. The van der Waals surface area contributed by atoms with Crippen LogP contribution in [0.15, 0.2) is 0 Å². The monoisotopic (exact) mass is 187 g/mol. The lowest BCUT2D eigenvalue weighted by molar-refractivity contribution is -0.141. The molecule has 4 nitrogen and oxygen atoms in total. The van der Waals surface area contributed by atoms with Crippen molar-refractivity contribution in [3.8, 4) is 0 Å². The van der Waals surface area contributed by atoms with Gasteiger partial charge in [0, 0.05) is 32.0 Å². The third-order valence-electron chi connectivity index (χ3n) is 2.60. The molecule has 1 saturated heterocycles. The molecule has 0 aliphatic carbocycles. The fraction of sp³-hybridized carbons (Fsp3) is 0.889. The smallest absolute Gasteiger partial charge is 0.225 e. The zero-order valence-corrected chi connectivity index (χ0v) is 8.36. The molecule has 1 amide bonds. The second-order valence-corrected chi connectivity index (χ2v) is 3.52. The number of amides is 1. The molecule has 0 saturated carbocycles. The number of aliphatic hydroxyl groups excluding tert-OH is 1. The predicted octanol–water partition coefficient (Wildman–Crippen LogP) is 0.0656. The summed E-state index contributed by atoms with van der Waals surface area (Å²) in [7, 11) is 1.75. The summed E-state index contributed by atoms with van der Waals surface area (Å²) in [6.45, 7) is 4.72. The third kappa shape index (κ3) is 2.00. The van der Waals surface area contributed by atoms with Crippen molar-refractivity contribution >= 4 is 5.91 Å². The molecular formula is C9H17NO3. The van der Waals surface area contributed by atoms with Crippen molar-refractivity contribution in [3.63, 3.8) is 0 Å². The predicted molar refractivity (Wildman–Crippen MR) is 47.9 cm³/mol. The van der Waals surface area contributed by atoms with Crippen molar-refractivity contribution in [2.45, 2.75) is 20.1 Å². The van der Waals surface area contributed by atoms with Crippen molar-refractivity contribution in [1.29, 1.82) is 0 Å². The molecule has 1 aliphatic rings. The van der Waals surface area contributed by atoms with Gasteiger partial charge >= 0.3 is 0 Å². The molecule has 0 radical (unpaired) electrons. The van der Waals surface area contributed by atoms with Crippen LogP contribution in [-0.2, 0) is 9.53 Å². The van der Waals surface area contributed by atoms with Gasteiger partial charge in [0.05, 0.1) is 0 Å². The topological polar surface area (TPSA) is 49.8 Å². The fourth-order valence-electron chi connectivity index (χ4n) is 1.73. The number of carbonyl (C=O) groups is 1. The van der Waals surface area contributed by atoms with E-state index in [2.05, 4.69) is 0 Å². The summed E-state index contributed by atoms with van der Waals surface area (Å²) in [4.78, 5) is 13.0. The van der Waals surface area contributed by atoms with Gasteiger partial charge in [-0.15, -0.1) is 0 Å². The molecule has 1 heterocycles. The van der Waals surface area contributed by atoms with E-state index in [1.807, 2.05) is 13.8 Å². The maximum Gasteiger partial charge on any atom is 0.225 e. The minimum Gasteiger partial charge on any atom is -0.368 e. The summed E-state index contributed by atoms with van der Waals surface area (Å²) in [5, 5.41) is 9.55. The van der Waals surface area contributed by atoms with Gasteiger partial charge in [-0.05, 0) is 6.92 Å². The average molecular weight is 187 g/mol. The van der Waals surface area contributed by atoms with Crippen LogP contribution in [0, 0.1) is 11.8 Å². The molecule has 3 atom stereocenters. The molecule has 76 valence electrons. The molecule has 0 bridgehead atoms. The van der Waals surface area contributed by atoms with E-state index in [0.29, 0.717) is 13.2 Å². The van der Waals surface area contributed by atoms with Gasteiger partial charge < -0.3 is 14.7 Å². The van der Waals surface area contributed by atoms with Gasteiger partial charge in [-0.1, -0.05) is 6.92 Å². The van der Waals surface area contributed by atoms with Gasteiger partial charge in [-0.2, -0.15) is 0 Å². The number of rotatable bonds is 3. The highest BCUT2D eigenvalue weighted by Crippen LogP contribution is 2.26. The van der Waals surface area contributed by atoms with E-state index in [0.717, 1.165) is 0 Å². The summed E-state index contributed by atoms with van der Waals surface area (Å²) in [6, 6.07) is 0. The number of nitrogens with zero attached hydrogens (tertiary/aromatic N) is 1. The van der Waals surface area contributed by atoms with Gasteiger partial charge in [-0.25, -0.2) is 0 Å². The van der Waals surface area contributed by atoms with Crippen LogP contribution < -0.4 is 0 Å². The second kappa shape index (κ2) is 4.07. The first-order valence-corrected chi connectivity index (χ1v) is 4.62. The summed E-state index contributed by atoms with van der Waals surface area (Å²) in [5.74, 6) is -0.132. The zero-order chi connectivity index (χ0) is 10.0. The van der Waals surface area contributed by atoms with Crippen LogP contribution >= 0.6 is 0 Å². The minimum atomic E-state index is -0.811. The van der Waals surface area contributed by atoms with E-state index in [-0.39, 0.29) is 17.7 Å². The van der Waals surface area contributed by atoms with Crippen molar-refractivity contribution in [2.24, 2.45) is 11.8 Å². The standard InChI is InChI=1S/C9H17NO3/c1-4-13-9(12)7-5-10(3)8(11)6(7)2/h6-7,9,12H,4-5H2,1-3H3. The summed E-state index contributed by atoms with van der Waals surface area (Å²) >= 11 is 0. The Bertz CT molecular complexity index is 195. The van der Waals surface area contributed by atoms with Gasteiger partial charge in [0.15, 0.2) is 6.29 Å². The first-order chi connectivity index (χ1) is 6.07. The SMILES string of the molecule is CCOC(O)C1CN(C)C(=O)C1C. The van der Waals surface area contributed by atoms with Gasteiger partial charge in [0.1, 0.15) is 0 Å². The van der Waals surface area contributed by atoms with Crippen LogP contribution in [0.2, 0.25) is 0 Å². The van der Waals surface area contributed by atoms with Crippen molar-refractivity contribution < 1.29 is 14.6 Å². The van der Waals surface area contributed by atoms with Gasteiger partial charge in [0.2, 0.25) is 5.91 Å². The Hall–Kier alpha value is -0.610. The van der Waals surface area contributed by atoms with E-state index >= 15 is 0 Å². The van der Waals surface area contributed by atoms with E-state index in [9.17, 15) is 9.90 Å². The van der Waals surface area contributed by atoms with Crippen molar-refractivity contribution in [3.05, 3.63) is 0 Å². The van der Waals surface area contributed by atoms with Crippen molar-refractivity contribution in [2.75, 3.05) is 20.2 Å². The minimum absolute atomic E-state index is 0.0857. The molecule has 1 fully saturated rings. The van der Waals surface area contributed by atoms with Crippen LogP contribution in [0.4, 0.5) is 0 Å². The zero-order valence-electron chi connectivity index (χ0n) is 8.36. The number of likely N-dealkylation sites (tertiary alicyclic amines) is 1. The molecule has 1 aliphatic heterocycles. The third-order valence-corrected chi connectivity index (χ3v) is 2.60. The van der Waals surface area contributed by atoms with Crippen LogP contribution in [0.5, 0.6) is 0 Å². The molecular weight excluding hydrogens is 170 g/mol. The lowest BCUT2D eigenvalue weighted by Gasteiger charge is -2.19. The molecule has 1 N–H and O–H groups in total. The van der Waals surface area contributed by atoms with Crippen LogP contribution in [0.3, 0.4) is 0 Å². The maximum atomic E-state index is 11.4. The Morgan fingerprint density at radius 2 is 2.38 bits per heavy atom. The van der Waals surface area contributed by atoms with Gasteiger partial charge in [0.25, 0.3) is 0 Å². The second-order valence-electron chi connectivity index (χ2n) is 3.52. The lowest BCUT2D eigenvalue weighted by Crippen LogP contribution is -2.29. The Balaban J connectivity index is 2.57. The molecule has 1 rings (SSSR count). The molecule has 0 aromatic rings. The van der Waals surface area contributed by atoms with Gasteiger partial charge in [-0.3, -0.25) is 4.79 Å².